The summed E-state index contributed by atoms with van der Waals surface area (Å²) >= 11 is 1.40. The van der Waals surface area contributed by atoms with E-state index in [2.05, 4.69) is 30.7 Å². The maximum absolute atomic E-state index is 12.0. The van der Waals surface area contributed by atoms with E-state index in [4.69, 9.17) is 4.74 Å². The Hall–Kier alpha value is -3.77. The van der Waals surface area contributed by atoms with Crippen molar-refractivity contribution in [3.8, 4) is 11.1 Å². The van der Waals surface area contributed by atoms with Crippen molar-refractivity contribution in [2.75, 3.05) is 19.0 Å². The van der Waals surface area contributed by atoms with Gasteiger partial charge in [-0.3, -0.25) is 13.9 Å². The Labute approximate surface area is 211 Å². The van der Waals surface area contributed by atoms with Crippen LogP contribution >= 0.6 is 11.8 Å². The third kappa shape index (κ3) is 5.09. The average molecular weight is 506 g/mol. The number of imidazole rings is 1. The number of carbonyl (C=O) groups is 1. The molecule has 1 aliphatic rings. The van der Waals surface area contributed by atoms with Gasteiger partial charge in [0.2, 0.25) is 11.1 Å². The fourth-order valence-electron chi connectivity index (χ4n) is 3.58. The minimum absolute atomic E-state index is 0.0213. The summed E-state index contributed by atoms with van der Waals surface area (Å²) in [6.45, 7) is 5.30. The number of carbonyl (C=O) groups excluding carboxylic acids is 1. The van der Waals surface area contributed by atoms with Crippen LogP contribution in [0.15, 0.2) is 59.2 Å². The summed E-state index contributed by atoms with van der Waals surface area (Å²) in [4.78, 5) is 16.4. The third-order valence-corrected chi connectivity index (χ3v) is 6.44. The number of fused-ring (bicyclic) bond motifs is 2. The van der Waals surface area contributed by atoms with Gasteiger partial charge in [-0.2, -0.15) is 10.2 Å². The highest BCUT2D eigenvalue weighted by Crippen LogP contribution is 2.30. The van der Waals surface area contributed by atoms with Gasteiger partial charge in [0.1, 0.15) is 5.03 Å². The van der Waals surface area contributed by atoms with Gasteiger partial charge in [-0.15, -0.1) is 10.2 Å². The highest BCUT2D eigenvalue weighted by molar-refractivity contribution is 7.99. The predicted molar refractivity (Wildman–Crippen MR) is 136 cm³/mol. The van der Waals surface area contributed by atoms with Crippen LogP contribution < -0.4 is 5.32 Å². The number of hydrogen-bond donors (Lipinski definition) is 1. The molecule has 0 atom stereocenters. The smallest absolute Gasteiger partial charge is 0.228 e. The van der Waals surface area contributed by atoms with E-state index in [0.29, 0.717) is 29.8 Å². The largest absolute Gasteiger partial charge is 0.383 e. The molecule has 1 aliphatic carbocycles. The van der Waals surface area contributed by atoms with E-state index in [-0.39, 0.29) is 11.8 Å². The van der Waals surface area contributed by atoms with Crippen LogP contribution in [0.25, 0.3) is 22.4 Å². The summed E-state index contributed by atoms with van der Waals surface area (Å²) in [5, 5.41) is 21.9. The van der Waals surface area contributed by atoms with Gasteiger partial charge in [-0.25, -0.2) is 9.50 Å². The lowest BCUT2D eigenvalue weighted by Crippen LogP contribution is -2.13. The van der Waals surface area contributed by atoms with Crippen molar-refractivity contribution in [3.05, 3.63) is 49.1 Å². The van der Waals surface area contributed by atoms with Crippen LogP contribution in [0.5, 0.6) is 0 Å². The standard InChI is InChI=1S/C22H21N9O2S.C2H6/c1-33-9-8-29-11-16(10-23-29)15-4-5-19-26-27-22(30(19)12-15)34-20-7-6-18-24-17(13-31(18)28-20)25-21(32)14-2-3-14;1-2/h4-7,10-14H,2-3,8-9H2,1H3,(H,25,32);1-2H3. The molecule has 1 saturated carbocycles. The Morgan fingerprint density at radius 2 is 1.92 bits per heavy atom. The van der Waals surface area contributed by atoms with Gasteiger partial charge in [0.15, 0.2) is 17.1 Å². The zero-order valence-corrected chi connectivity index (χ0v) is 21.1. The molecule has 1 fully saturated rings. The number of nitrogens with one attached hydrogen (secondary N) is 1. The van der Waals surface area contributed by atoms with Crippen molar-refractivity contribution in [1.29, 1.82) is 0 Å². The summed E-state index contributed by atoms with van der Waals surface area (Å²) in [5.41, 5.74) is 3.41. The predicted octanol–water partition coefficient (Wildman–Crippen LogP) is 3.81. The molecule has 0 bridgehead atoms. The van der Waals surface area contributed by atoms with Gasteiger partial charge in [0.25, 0.3) is 0 Å². The first kappa shape index (κ1) is 23.9. The van der Waals surface area contributed by atoms with Crippen LogP contribution in [-0.2, 0) is 16.1 Å². The summed E-state index contributed by atoms with van der Waals surface area (Å²) in [5.74, 6) is 0.651. The first-order valence-corrected chi connectivity index (χ1v) is 12.7. The van der Waals surface area contributed by atoms with E-state index < -0.39 is 0 Å². The maximum atomic E-state index is 12.0. The number of anilines is 1. The number of amides is 1. The molecule has 0 spiro atoms. The Balaban J connectivity index is 0.00000130. The molecule has 11 nitrogen and oxygen atoms in total. The maximum Gasteiger partial charge on any atom is 0.228 e. The average Bonchev–Trinajstić information content (AvgIpc) is 3.33. The second-order valence-electron chi connectivity index (χ2n) is 8.08. The molecular formula is C24H27N9O2S. The van der Waals surface area contributed by atoms with E-state index in [1.807, 2.05) is 65.8 Å². The zero-order chi connectivity index (χ0) is 25.1. The van der Waals surface area contributed by atoms with Gasteiger partial charge in [0.05, 0.1) is 25.5 Å². The lowest BCUT2D eigenvalue weighted by molar-refractivity contribution is -0.117. The second kappa shape index (κ2) is 10.5. The van der Waals surface area contributed by atoms with Gasteiger partial charge in [-0.05, 0) is 48.9 Å². The molecule has 1 N–H and O–H groups in total. The van der Waals surface area contributed by atoms with E-state index >= 15 is 0 Å². The summed E-state index contributed by atoms with van der Waals surface area (Å²) in [6, 6.07) is 7.68. The molecule has 0 radical (unpaired) electrons. The molecule has 5 aromatic rings. The van der Waals surface area contributed by atoms with Crippen LogP contribution in [0.3, 0.4) is 0 Å². The topological polar surface area (TPSA) is 117 Å². The number of aromatic nitrogens is 8. The Kier molecular flexibility index (Phi) is 6.96. The van der Waals surface area contributed by atoms with Crippen molar-refractivity contribution < 1.29 is 9.53 Å². The first-order chi connectivity index (χ1) is 17.7. The molecule has 5 heterocycles. The lowest BCUT2D eigenvalue weighted by Gasteiger charge is -2.03. The van der Waals surface area contributed by atoms with Crippen molar-refractivity contribution in [2.45, 2.75) is 43.4 Å². The summed E-state index contributed by atoms with van der Waals surface area (Å²) in [7, 11) is 1.68. The Bertz CT molecular complexity index is 1500. The molecule has 0 unspecified atom stereocenters. The molecule has 12 heteroatoms. The fourth-order valence-corrected chi connectivity index (χ4v) is 4.35. The number of hydrogen-bond acceptors (Lipinski definition) is 8. The highest BCUT2D eigenvalue weighted by Gasteiger charge is 2.30. The van der Waals surface area contributed by atoms with E-state index in [1.54, 1.807) is 17.8 Å². The molecule has 5 aromatic heterocycles. The van der Waals surface area contributed by atoms with E-state index in [9.17, 15) is 4.79 Å². The van der Waals surface area contributed by atoms with Crippen molar-refractivity contribution in [2.24, 2.45) is 5.92 Å². The molecule has 6 rings (SSSR count). The SMILES string of the molecule is CC.COCCn1cc(-c2ccc3nnc(Sc4ccc5nc(NC(=O)C6CC6)cn5n4)n3c2)cn1. The number of nitrogens with zero attached hydrogens (tertiary/aromatic N) is 8. The molecule has 0 saturated heterocycles. The quantitative estimate of drug-likeness (QED) is 0.338. The normalized spacial score (nSPS) is 13.1. The molecular weight excluding hydrogens is 478 g/mol. The fraction of sp³-hybridized carbons (Fsp3) is 0.333. The zero-order valence-electron chi connectivity index (χ0n) is 20.3. The molecule has 36 heavy (non-hydrogen) atoms. The van der Waals surface area contributed by atoms with Gasteiger partial charge < -0.3 is 10.1 Å². The van der Waals surface area contributed by atoms with Crippen LogP contribution in [0.1, 0.15) is 26.7 Å². The first-order valence-electron chi connectivity index (χ1n) is 11.9. The van der Waals surface area contributed by atoms with Crippen molar-refractivity contribution in [3.63, 3.8) is 0 Å². The number of rotatable bonds is 8. The minimum atomic E-state index is 0.0213. The summed E-state index contributed by atoms with van der Waals surface area (Å²) < 4.78 is 10.6. The van der Waals surface area contributed by atoms with Crippen molar-refractivity contribution >= 4 is 34.8 Å². The number of ether oxygens (including phenoxy) is 1. The number of methoxy groups -OCH3 is 1. The third-order valence-electron chi connectivity index (χ3n) is 5.55. The number of pyridine rings is 1. The van der Waals surface area contributed by atoms with E-state index in [0.717, 1.165) is 34.6 Å². The molecule has 0 aromatic carbocycles. The second-order valence-corrected chi connectivity index (χ2v) is 9.07. The van der Waals surface area contributed by atoms with Gasteiger partial charge >= 0.3 is 0 Å². The Morgan fingerprint density at radius 1 is 1.08 bits per heavy atom. The van der Waals surface area contributed by atoms with Crippen LogP contribution in [0, 0.1) is 5.92 Å². The molecule has 186 valence electrons. The molecule has 0 aliphatic heterocycles. The van der Waals surface area contributed by atoms with Gasteiger partial charge in [-0.1, -0.05) is 13.8 Å². The summed E-state index contributed by atoms with van der Waals surface area (Å²) in [6.07, 6.45) is 9.44. The Morgan fingerprint density at radius 3 is 2.72 bits per heavy atom. The van der Waals surface area contributed by atoms with E-state index in [1.165, 1.54) is 11.8 Å². The highest BCUT2D eigenvalue weighted by atomic mass is 32.2. The van der Waals surface area contributed by atoms with Crippen LogP contribution in [0.2, 0.25) is 0 Å². The monoisotopic (exact) mass is 505 g/mol. The lowest BCUT2D eigenvalue weighted by atomic mass is 10.2. The van der Waals surface area contributed by atoms with Gasteiger partial charge in [0, 0.05) is 36.5 Å². The van der Waals surface area contributed by atoms with Crippen LogP contribution in [0.4, 0.5) is 5.82 Å². The minimum Gasteiger partial charge on any atom is -0.383 e. The molecule has 1 amide bonds. The van der Waals surface area contributed by atoms with Crippen LogP contribution in [-0.4, -0.2) is 58.6 Å². The van der Waals surface area contributed by atoms with Crippen molar-refractivity contribution in [1.82, 2.24) is 39.0 Å².